The van der Waals surface area contributed by atoms with Gasteiger partial charge in [0.2, 0.25) is 23.6 Å². The maximum absolute atomic E-state index is 14.1. The smallest absolute Gasteiger partial charge is 0.250 e. The number of imidazole rings is 2. The van der Waals surface area contributed by atoms with Crippen molar-refractivity contribution in [3.63, 3.8) is 0 Å². The number of hydrogen-bond donors (Lipinski definition) is 4. The van der Waals surface area contributed by atoms with Gasteiger partial charge in [-0.1, -0.05) is 60.7 Å². The van der Waals surface area contributed by atoms with Crippen LogP contribution in [0.1, 0.15) is 109 Å². The van der Waals surface area contributed by atoms with Crippen LogP contribution in [0.3, 0.4) is 0 Å². The Morgan fingerprint density at radius 1 is 0.649 bits per heavy atom. The number of amides is 4. The van der Waals surface area contributed by atoms with E-state index in [0.29, 0.717) is 13.1 Å². The number of likely N-dealkylation sites (tertiary alicyclic amines) is 2. The summed E-state index contributed by atoms with van der Waals surface area (Å²) >= 11 is 1.71. The van der Waals surface area contributed by atoms with Crippen molar-refractivity contribution in [2.45, 2.75) is 88.4 Å². The van der Waals surface area contributed by atoms with Gasteiger partial charge in [0.25, 0.3) is 0 Å². The van der Waals surface area contributed by atoms with E-state index in [-0.39, 0.29) is 47.5 Å². The fourth-order valence-corrected chi connectivity index (χ4v) is 9.23. The molecule has 0 unspecified atom stereocenters. The number of H-pyrrole nitrogens is 2. The van der Waals surface area contributed by atoms with Crippen molar-refractivity contribution < 1.29 is 19.2 Å². The molecule has 13 heteroatoms. The van der Waals surface area contributed by atoms with Crippen LogP contribution in [0, 0.1) is 11.8 Å². The average molecular weight is 785 g/mol. The molecule has 12 nitrogen and oxygen atoms in total. The quantitative estimate of drug-likeness (QED) is 0.101. The van der Waals surface area contributed by atoms with Gasteiger partial charge in [-0.05, 0) is 87.5 Å². The topological polar surface area (TPSA) is 156 Å². The van der Waals surface area contributed by atoms with Crippen LogP contribution in [0.2, 0.25) is 0 Å². The van der Waals surface area contributed by atoms with Crippen molar-refractivity contribution in [2.75, 3.05) is 13.1 Å². The Morgan fingerprint density at radius 2 is 1.18 bits per heavy atom. The van der Waals surface area contributed by atoms with Crippen LogP contribution in [-0.4, -0.2) is 66.5 Å². The first-order chi connectivity index (χ1) is 27.9. The van der Waals surface area contributed by atoms with Gasteiger partial charge in [0, 0.05) is 41.7 Å². The molecule has 4 aliphatic rings. The first kappa shape index (κ1) is 37.0. The van der Waals surface area contributed by atoms with Crippen molar-refractivity contribution >= 4 is 35.0 Å². The van der Waals surface area contributed by atoms with Gasteiger partial charge >= 0.3 is 0 Å². The molecule has 5 aromatic rings. The number of nitrogens with one attached hydrogen (secondary N) is 4. The fourth-order valence-electron chi connectivity index (χ4n) is 8.26. The molecule has 2 aromatic carbocycles. The normalized spacial score (nSPS) is 20.4. The summed E-state index contributed by atoms with van der Waals surface area (Å²) in [7, 11) is 0. The highest BCUT2D eigenvalue weighted by molar-refractivity contribution is 7.15. The fraction of sp³-hybridized carbons (Fsp3) is 0.409. The zero-order valence-electron chi connectivity index (χ0n) is 31.9. The number of thiophene rings is 1. The van der Waals surface area contributed by atoms with Gasteiger partial charge in [-0.25, -0.2) is 9.97 Å². The van der Waals surface area contributed by atoms with E-state index in [2.05, 4.69) is 32.7 Å². The van der Waals surface area contributed by atoms with Gasteiger partial charge in [-0.2, -0.15) is 0 Å². The molecular formula is C44H48N8O4S. The van der Waals surface area contributed by atoms with Gasteiger partial charge < -0.3 is 30.4 Å². The summed E-state index contributed by atoms with van der Waals surface area (Å²) in [5.41, 5.74) is 3.51. The first-order valence-electron chi connectivity index (χ1n) is 20.4. The maximum atomic E-state index is 14.1. The molecule has 0 spiro atoms. The summed E-state index contributed by atoms with van der Waals surface area (Å²) < 4.78 is 0. The largest absolute Gasteiger partial charge is 0.344 e. The molecule has 4 fully saturated rings. The van der Waals surface area contributed by atoms with Gasteiger partial charge in [0.1, 0.15) is 23.7 Å². The lowest BCUT2D eigenvalue weighted by molar-refractivity contribution is -0.138. The Morgan fingerprint density at radius 3 is 1.72 bits per heavy atom. The summed E-state index contributed by atoms with van der Waals surface area (Å²) in [5, 5.41) is 6.10. The minimum Gasteiger partial charge on any atom is -0.344 e. The number of carbonyl (C=O) groups excluding carboxylic acids is 4. The lowest BCUT2D eigenvalue weighted by Crippen LogP contribution is -2.43. The Hall–Kier alpha value is -5.56. The Labute approximate surface area is 335 Å². The third kappa shape index (κ3) is 8.16. The number of carbonyl (C=O) groups is 4. The minimum atomic E-state index is -0.724. The lowest BCUT2D eigenvalue weighted by atomic mass is 10.0. The number of aryl methyl sites for hydroxylation is 2. The third-order valence-corrected chi connectivity index (χ3v) is 12.9. The average Bonchev–Trinajstić information content (AvgIpc) is 3.85. The maximum Gasteiger partial charge on any atom is 0.250 e. The van der Waals surface area contributed by atoms with Crippen LogP contribution in [-0.2, 0) is 32.0 Å². The molecule has 0 radical (unpaired) electrons. The highest BCUT2D eigenvalue weighted by Crippen LogP contribution is 2.37. The van der Waals surface area contributed by atoms with Crippen LogP contribution >= 0.6 is 11.3 Å². The van der Waals surface area contributed by atoms with Gasteiger partial charge in [-0.3, -0.25) is 19.2 Å². The lowest BCUT2D eigenvalue weighted by Gasteiger charge is -2.28. The highest BCUT2D eigenvalue weighted by atomic mass is 32.1. The van der Waals surface area contributed by atoms with Crippen LogP contribution in [0.25, 0.3) is 10.6 Å². The molecular weight excluding hydrogens is 737 g/mol. The zero-order valence-corrected chi connectivity index (χ0v) is 32.7. The van der Waals surface area contributed by atoms with E-state index in [4.69, 9.17) is 9.97 Å². The van der Waals surface area contributed by atoms with E-state index < -0.39 is 12.1 Å². The van der Waals surface area contributed by atoms with Crippen molar-refractivity contribution in [1.82, 2.24) is 40.4 Å². The van der Waals surface area contributed by atoms with E-state index in [0.717, 1.165) is 103 Å². The molecule has 9 rings (SSSR count). The number of aromatic nitrogens is 4. The Kier molecular flexibility index (Phi) is 10.5. The molecule has 4 N–H and O–H groups in total. The van der Waals surface area contributed by atoms with Crippen LogP contribution in [0.4, 0.5) is 0 Å². The molecule has 4 atom stereocenters. The second-order valence-electron chi connectivity index (χ2n) is 15.9. The molecule has 2 saturated heterocycles. The van der Waals surface area contributed by atoms with Crippen LogP contribution in [0.15, 0.2) is 85.2 Å². The van der Waals surface area contributed by atoms with E-state index >= 15 is 0 Å². The van der Waals surface area contributed by atoms with Gasteiger partial charge in [0.05, 0.1) is 28.9 Å². The number of hydrogen-bond acceptors (Lipinski definition) is 7. The van der Waals surface area contributed by atoms with Crippen molar-refractivity contribution in [3.8, 4) is 10.6 Å². The third-order valence-electron chi connectivity index (χ3n) is 11.7. The summed E-state index contributed by atoms with van der Waals surface area (Å²) in [4.78, 5) is 76.3. The van der Waals surface area contributed by atoms with E-state index in [1.165, 1.54) is 4.88 Å². The Balaban J connectivity index is 0.832. The van der Waals surface area contributed by atoms with Gasteiger partial charge in [-0.15, -0.1) is 11.3 Å². The molecule has 5 heterocycles. The number of aromatic amines is 2. The second-order valence-corrected chi connectivity index (χ2v) is 17.0. The molecule has 294 valence electrons. The van der Waals surface area contributed by atoms with Crippen LogP contribution in [0.5, 0.6) is 0 Å². The number of nitrogens with zero attached hydrogens (tertiary/aromatic N) is 4. The molecule has 2 aliphatic carbocycles. The van der Waals surface area contributed by atoms with Crippen molar-refractivity contribution in [3.05, 3.63) is 119 Å². The Bertz CT molecular complexity index is 2230. The standard InChI is InChI=1S/C44H48N8O4S/c53-41(29-15-16-29)49-37(27-9-3-1-4-10-27)43(55)51-23-7-13-34(51)39-45-25-31(47-39)19-20-32-21-22-36(57-32)33-26-46-40(48-33)35-14-8-24-52(35)44(56)38(28-11-5-2-6-12-28)50-42(54)30-17-18-30/h1-6,9-12,21-22,25-26,29-30,34-35,37-38H,7-8,13-20,23-24H2,(H,45,47)(H,46,48)(H,49,53)(H,50,54)/t34-,35-,37-,38-/m1/s1. The highest BCUT2D eigenvalue weighted by Gasteiger charge is 2.40. The molecule has 2 saturated carbocycles. The van der Waals surface area contributed by atoms with E-state index in [1.54, 1.807) is 11.3 Å². The van der Waals surface area contributed by atoms with E-state index in [1.807, 2.05) is 82.9 Å². The molecule has 2 aliphatic heterocycles. The zero-order chi connectivity index (χ0) is 38.9. The summed E-state index contributed by atoms with van der Waals surface area (Å²) in [5.74, 6) is 1.27. The van der Waals surface area contributed by atoms with Crippen LogP contribution < -0.4 is 10.6 Å². The van der Waals surface area contributed by atoms with E-state index in [9.17, 15) is 19.2 Å². The van der Waals surface area contributed by atoms with Crippen molar-refractivity contribution in [2.24, 2.45) is 11.8 Å². The summed E-state index contributed by atoms with van der Waals surface area (Å²) in [6.45, 7) is 1.24. The van der Waals surface area contributed by atoms with Crippen molar-refractivity contribution in [1.29, 1.82) is 0 Å². The SMILES string of the molecule is O=C(N[C@@H](C(=O)N1CCC[C@@H]1c1ncc(CCc2ccc(-c3cnc([C@H]4CCCN4C(=O)[C@H](NC(=O)C4CC4)c4ccccc4)[nH]3)s2)[nH]1)c1ccccc1)C1CC1. The monoisotopic (exact) mass is 784 g/mol. The molecule has 0 bridgehead atoms. The second kappa shape index (κ2) is 16.1. The molecule has 57 heavy (non-hydrogen) atoms. The first-order valence-corrected chi connectivity index (χ1v) is 21.2. The predicted octanol–water partition coefficient (Wildman–Crippen LogP) is 6.51. The summed E-state index contributed by atoms with van der Waals surface area (Å²) in [6, 6.07) is 21.5. The molecule has 4 amide bonds. The number of benzene rings is 2. The minimum absolute atomic E-state index is 0.00546. The number of rotatable bonds is 14. The molecule has 3 aromatic heterocycles. The van der Waals surface area contributed by atoms with Gasteiger partial charge in [0.15, 0.2) is 0 Å². The summed E-state index contributed by atoms with van der Waals surface area (Å²) in [6.07, 6.45) is 12.2. The predicted molar refractivity (Wildman–Crippen MR) is 215 cm³/mol.